The summed E-state index contributed by atoms with van der Waals surface area (Å²) in [6, 6.07) is 11.1. The van der Waals surface area contributed by atoms with Gasteiger partial charge in [-0.3, -0.25) is 0 Å². The summed E-state index contributed by atoms with van der Waals surface area (Å²) in [5.74, 6) is -0.250. The Morgan fingerprint density at radius 3 is 2.39 bits per heavy atom. The molecule has 0 spiro atoms. The van der Waals surface area contributed by atoms with Gasteiger partial charge in [0.05, 0.1) is 5.69 Å². The van der Waals surface area contributed by atoms with Gasteiger partial charge in [0.25, 0.3) is 0 Å². The largest absolute Gasteiger partial charge is 0.573 e. The Kier molecular flexibility index (Phi) is 3.74. The van der Waals surface area contributed by atoms with E-state index in [1.54, 1.807) is 30.3 Å². The Morgan fingerprint density at radius 2 is 1.72 bits per heavy atom. The van der Waals surface area contributed by atoms with Crippen LogP contribution in [-0.4, -0.2) is 11.3 Å². The summed E-state index contributed by atoms with van der Waals surface area (Å²) in [6.07, 6.45) is -4.71. The van der Waals surface area contributed by atoms with Crippen molar-refractivity contribution in [3.8, 4) is 17.0 Å². The lowest BCUT2D eigenvalue weighted by Crippen LogP contribution is -2.17. The Morgan fingerprint density at radius 1 is 1.00 bits per heavy atom. The zero-order chi connectivity index (χ0) is 13.2. The van der Waals surface area contributed by atoms with Gasteiger partial charge in [-0.2, -0.15) is 0 Å². The maximum absolute atomic E-state index is 12.3. The quantitative estimate of drug-likeness (QED) is 0.587. The molecule has 1 heterocycles. The number of rotatable bonds is 2. The van der Waals surface area contributed by atoms with Crippen LogP contribution in [0.1, 0.15) is 0 Å². The van der Waals surface area contributed by atoms with E-state index in [1.807, 2.05) is 22.6 Å². The highest BCUT2D eigenvalue weighted by Crippen LogP contribution is 2.32. The molecule has 0 saturated carbocycles. The zero-order valence-electron chi connectivity index (χ0n) is 8.91. The average Bonchev–Trinajstić information content (AvgIpc) is 2.27. The average molecular weight is 365 g/mol. The molecule has 2 rings (SSSR count). The van der Waals surface area contributed by atoms with Crippen LogP contribution < -0.4 is 4.74 Å². The fourth-order valence-corrected chi connectivity index (χ4v) is 1.92. The van der Waals surface area contributed by atoms with Gasteiger partial charge in [-0.1, -0.05) is 18.2 Å². The van der Waals surface area contributed by atoms with E-state index in [4.69, 9.17) is 0 Å². The van der Waals surface area contributed by atoms with Crippen molar-refractivity contribution in [3.05, 3.63) is 46.2 Å². The molecule has 0 bridgehead atoms. The molecule has 0 N–H and O–H groups in total. The number of benzene rings is 1. The number of pyridine rings is 1. The van der Waals surface area contributed by atoms with E-state index in [2.05, 4.69) is 9.72 Å². The van der Waals surface area contributed by atoms with E-state index in [9.17, 15) is 13.2 Å². The van der Waals surface area contributed by atoms with Crippen LogP contribution in [0.25, 0.3) is 11.3 Å². The van der Waals surface area contributed by atoms with Crippen LogP contribution in [0.2, 0.25) is 0 Å². The molecule has 2 nitrogen and oxygen atoms in total. The van der Waals surface area contributed by atoms with Gasteiger partial charge in [0.1, 0.15) is 9.45 Å². The van der Waals surface area contributed by atoms with Crippen molar-refractivity contribution in [1.82, 2.24) is 4.98 Å². The maximum Gasteiger partial charge on any atom is 0.573 e. The van der Waals surface area contributed by atoms with Crippen molar-refractivity contribution in [1.29, 1.82) is 0 Å². The molecule has 0 aliphatic rings. The molecule has 2 aromatic rings. The number of alkyl halides is 3. The minimum absolute atomic E-state index is 0.250. The molecule has 0 aliphatic carbocycles. The van der Waals surface area contributed by atoms with Crippen molar-refractivity contribution < 1.29 is 17.9 Å². The molecule has 1 aromatic carbocycles. The molecule has 0 radical (unpaired) electrons. The number of nitrogens with zero attached hydrogens (tertiary/aromatic N) is 1. The van der Waals surface area contributed by atoms with E-state index in [-0.39, 0.29) is 5.75 Å². The number of aromatic nitrogens is 1. The Balaban J connectivity index is 2.45. The number of hydrogen-bond acceptors (Lipinski definition) is 2. The van der Waals surface area contributed by atoms with Gasteiger partial charge in [-0.15, -0.1) is 13.2 Å². The first-order valence-electron chi connectivity index (χ1n) is 4.93. The topological polar surface area (TPSA) is 22.1 Å². The van der Waals surface area contributed by atoms with E-state index < -0.39 is 6.36 Å². The molecule has 1 aromatic heterocycles. The van der Waals surface area contributed by atoms with Crippen LogP contribution in [0, 0.1) is 3.70 Å². The van der Waals surface area contributed by atoms with Crippen LogP contribution in [0.5, 0.6) is 5.75 Å². The molecular weight excluding hydrogens is 358 g/mol. The number of hydrogen-bond donors (Lipinski definition) is 0. The van der Waals surface area contributed by atoms with Gasteiger partial charge in [-0.05, 0) is 46.9 Å². The first-order valence-corrected chi connectivity index (χ1v) is 6.01. The van der Waals surface area contributed by atoms with Crippen molar-refractivity contribution in [3.63, 3.8) is 0 Å². The van der Waals surface area contributed by atoms with Gasteiger partial charge < -0.3 is 4.74 Å². The molecular formula is C12H7F3INO. The number of para-hydroxylation sites is 1. The summed E-state index contributed by atoms with van der Waals surface area (Å²) in [4.78, 5) is 4.17. The number of ether oxygens (including phenoxy) is 1. The minimum Gasteiger partial charge on any atom is -0.405 e. The predicted molar refractivity (Wildman–Crippen MR) is 69.1 cm³/mol. The normalized spacial score (nSPS) is 11.3. The van der Waals surface area contributed by atoms with Crippen LogP contribution >= 0.6 is 22.6 Å². The summed E-state index contributed by atoms with van der Waals surface area (Å²) in [5.41, 5.74) is 0.759. The lowest BCUT2D eigenvalue weighted by molar-refractivity contribution is -0.274. The van der Waals surface area contributed by atoms with Crippen molar-refractivity contribution >= 4 is 22.6 Å². The third-order valence-electron chi connectivity index (χ3n) is 2.10. The summed E-state index contributed by atoms with van der Waals surface area (Å²) in [5, 5.41) is 0. The van der Waals surface area contributed by atoms with E-state index in [0.29, 0.717) is 15.0 Å². The first-order chi connectivity index (χ1) is 8.46. The summed E-state index contributed by atoms with van der Waals surface area (Å²) >= 11 is 2.00. The van der Waals surface area contributed by atoms with Crippen molar-refractivity contribution in [2.24, 2.45) is 0 Å². The zero-order valence-corrected chi connectivity index (χ0v) is 11.1. The van der Waals surface area contributed by atoms with E-state index in [0.717, 1.165) is 0 Å². The Hall–Kier alpha value is -1.31. The van der Waals surface area contributed by atoms with Crippen LogP contribution in [-0.2, 0) is 0 Å². The lowest BCUT2D eigenvalue weighted by Gasteiger charge is -2.12. The molecule has 0 amide bonds. The van der Waals surface area contributed by atoms with Crippen LogP contribution in [0.4, 0.5) is 13.2 Å². The minimum atomic E-state index is -4.71. The van der Waals surface area contributed by atoms with Crippen LogP contribution in [0.3, 0.4) is 0 Å². The fraction of sp³-hybridized carbons (Fsp3) is 0.0833. The molecule has 18 heavy (non-hydrogen) atoms. The molecule has 0 unspecified atom stereocenters. The molecule has 0 saturated heterocycles. The Labute approximate surface area is 115 Å². The standard InChI is InChI=1S/C12H7F3INO/c13-12(14,15)18-10-6-2-1-4-8(10)9-5-3-7-11(16)17-9/h1-7H. The first kappa shape index (κ1) is 13.1. The molecule has 94 valence electrons. The van der Waals surface area contributed by atoms with E-state index >= 15 is 0 Å². The lowest BCUT2D eigenvalue weighted by atomic mass is 10.1. The summed E-state index contributed by atoms with van der Waals surface area (Å²) < 4.78 is 41.5. The van der Waals surface area contributed by atoms with Gasteiger partial charge in [0, 0.05) is 5.56 Å². The van der Waals surface area contributed by atoms with E-state index in [1.165, 1.54) is 12.1 Å². The monoisotopic (exact) mass is 365 g/mol. The van der Waals surface area contributed by atoms with Gasteiger partial charge >= 0.3 is 6.36 Å². The van der Waals surface area contributed by atoms with Gasteiger partial charge in [0.2, 0.25) is 0 Å². The van der Waals surface area contributed by atoms with Gasteiger partial charge in [-0.25, -0.2) is 4.98 Å². The summed E-state index contributed by atoms with van der Waals surface area (Å²) in [7, 11) is 0. The Bertz CT molecular complexity index is 557. The molecule has 0 fully saturated rings. The van der Waals surface area contributed by atoms with Crippen LogP contribution in [0.15, 0.2) is 42.5 Å². The predicted octanol–water partition coefficient (Wildman–Crippen LogP) is 4.25. The fourth-order valence-electron chi connectivity index (χ4n) is 1.45. The third-order valence-corrected chi connectivity index (χ3v) is 2.70. The second-order valence-electron chi connectivity index (χ2n) is 3.39. The van der Waals surface area contributed by atoms with Crippen molar-refractivity contribution in [2.45, 2.75) is 6.36 Å². The second-order valence-corrected chi connectivity index (χ2v) is 4.49. The highest BCUT2D eigenvalue weighted by molar-refractivity contribution is 14.1. The molecule has 6 heteroatoms. The smallest absolute Gasteiger partial charge is 0.405 e. The SMILES string of the molecule is FC(F)(F)Oc1ccccc1-c1cccc(I)n1. The highest BCUT2D eigenvalue weighted by atomic mass is 127. The molecule has 0 atom stereocenters. The third kappa shape index (κ3) is 3.34. The summed E-state index contributed by atoms with van der Waals surface area (Å²) in [6.45, 7) is 0. The van der Waals surface area contributed by atoms with Gasteiger partial charge in [0.15, 0.2) is 0 Å². The second kappa shape index (κ2) is 5.13. The highest BCUT2D eigenvalue weighted by Gasteiger charge is 2.32. The number of halogens is 4. The van der Waals surface area contributed by atoms with Crippen molar-refractivity contribution in [2.75, 3.05) is 0 Å². The molecule has 0 aliphatic heterocycles. The maximum atomic E-state index is 12.3.